The number of anilines is 1. The highest BCUT2D eigenvalue weighted by Gasteiger charge is 2.16. The molecule has 26 heavy (non-hydrogen) atoms. The molecule has 0 fully saturated rings. The van der Waals surface area contributed by atoms with E-state index in [9.17, 15) is 19.1 Å². The predicted octanol–water partition coefficient (Wildman–Crippen LogP) is 3.88. The van der Waals surface area contributed by atoms with Crippen molar-refractivity contribution < 1.29 is 23.8 Å². The van der Waals surface area contributed by atoms with Gasteiger partial charge in [0.2, 0.25) is 5.91 Å². The first-order valence-electron chi connectivity index (χ1n) is 8.31. The van der Waals surface area contributed by atoms with E-state index in [2.05, 4.69) is 5.32 Å². The van der Waals surface area contributed by atoms with Crippen molar-refractivity contribution in [2.45, 2.75) is 26.4 Å². The van der Waals surface area contributed by atoms with Gasteiger partial charge in [0.15, 0.2) is 0 Å². The Balaban J connectivity index is 2.03. The van der Waals surface area contributed by atoms with Crippen LogP contribution in [0.25, 0.3) is 0 Å². The van der Waals surface area contributed by atoms with Crippen molar-refractivity contribution >= 4 is 17.6 Å². The van der Waals surface area contributed by atoms with Crippen molar-refractivity contribution in [3.8, 4) is 0 Å². The fraction of sp³-hybridized carbons (Fsp3) is 0.300. The van der Waals surface area contributed by atoms with Gasteiger partial charge in [-0.15, -0.1) is 0 Å². The van der Waals surface area contributed by atoms with E-state index in [0.29, 0.717) is 29.7 Å². The van der Waals surface area contributed by atoms with Crippen molar-refractivity contribution in [2.75, 3.05) is 12.4 Å². The minimum absolute atomic E-state index is 0.0776. The van der Waals surface area contributed by atoms with E-state index in [0.717, 1.165) is 0 Å². The SMILES string of the molecule is COCc1cc(NC(=O)C(C)CCc2ccccc2F)cc(C(=O)O)c1. The van der Waals surface area contributed by atoms with Crippen molar-refractivity contribution in [3.63, 3.8) is 0 Å². The van der Waals surface area contributed by atoms with Crippen LogP contribution >= 0.6 is 0 Å². The summed E-state index contributed by atoms with van der Waals surface area (Å²) in [6.45, 7) is 2.00. The Hall–Kier alpha value is -2.73. The van der Waals surface area contributed by atoms with Gasteiger partial charge in [0.1, 0.15) is 5.82 Å². The number of rotatable bonds is 8. The maximum absolute atomic E-state index is 13.7. The van der Waals surface area contributed by atoms with E-state index in [4.69, 9.17) is 4.74 Å². The second-order valence-electron chi connectivity index (χ2n) is 6.18. The lowest BCUT2D eigenvalue weighted by Gasteiger charge is -2.14. The molecule has 0 aliphatic heterocycles. The summed E-state index contributed by atoms with van der Waals surface area (Å²) in [4.78, 5) is 23.6. The number of carbonyl (C=O) groups is 2. The standard InChI is InChI=1S/C20H22FNO4/c1-13(7-8-15-5-3-4-6-18(15)21)19(23)22-17-10-14(12-26-2)9-16(11-17)20(24)25/h3-6,9-11,13H,7-8,12H2,1-2H3,(H,22,23)(H,24,25). The molecule has 2 aromatic carbocycles. The molecule has 0 radical (unpaired) electrons. The fourth-order valence-corrected chi connectivity index (χ4v) is 2.61. The van der Waals surface area contributed by atoms with Crippen LogP contribution < -0.4 is 5.32 Å². The average molecular weight is 359 g/mol. The molecular weight excluding hydrogens is 337 g/mol. The quantitative estimate of drug-likeness (QED) is 0.750. The van der Waals surface area contributed by atoms with Crippen LogP contribution in [0.4, 0.5) is 10.1 Å². The van der Waals surface area contributed by atoms with Crippen LogP contribution in [0.15, 0.2) is 42.5 Å². The second-order valence-corrected chi connectivity index (χ2v) is 6.18. The number of aromatic carboxylic acids is 1. The predicted molar refractivity (Wildman–Crippen MR) is 96.6 cm³/mol. The molecule has 2 N–H and O–H groups in total. The second kappa shape index (κ2) is 9.10. The van der Waals surface area contributed by atoms with Gasteiger partial charge in [0.05, 0.1) is 12.2 Å². The number of halogens is 1. The Morgan fingerprint density at radius 3 is 2.62 bits per heavy atom. The summed E-state index contributed by atoms with van der Waals surface area (Å²) in [5.74, 6) is -1.95. The summed E-state index contributed by atoms with van der Waals surface area (Å²) >= 11 is 0. The molecule has 1 atom stereocenters. The third-order valence-electron chi connectivity index (χ3n) is 4.07. The molecule has 0 heterocycles. The van der Waals surface area contributed by atoms with E-state index < -0.39 is 5.97 Å². The highest BCUT2D eigenvalue weighted by molar-refractivity contribution is 5.95. The normalized spacial score (nSPS) is 11.8. The molecule has 0 bridgehead atoms. The number of aryl methyl sites for hydroxylation is 1. The zero-order valence-corrected chi connectivity index (χ0v) is 14.8. The van der Waals surface area contributed by atoms with Crippen molar-refractivity contribution in [1.82, 2.24) is 0 Å². The van der Waals surface area contributed by atoms with Crippen molar-refractivity contribution in [1.29, 1.82) is 0 Å². The average Bonchev–Trinajstić information content (AvgIpc) is 2.60. The van der Waals surface area contributed by atoms with Crippen LogP contribution in [0.3, 0.4) is 0 Å². The van der Waals surface area contributed by atoms with Gasteiger partial charge in [0.25, 0.3) is 0 Å². The maximum atomic E-state index is 13.7. The molecule has 0 saturated carbocycles. The molecule has 1 amide bonds. The minimum atomic E-state index is -1.08. The van der Waals surface area contributed by atoms with Gasteiger partial charge < -0.3 is 15.2 Å². The monoisotopic (exact) mass is 359 g/mol. The van der Waals surface area contributed by atoms with E-state index in [-0.39, 0.29) is 29.8 Å². The van der Waals surface area contributed by atoms with Crippen LogP contribution in [0.5, 0.6) is 0 Å². The number of nitrogens with one attached hydrogen (secondary N) is 1. The highest BCUT2D eigenvalue weighted by atomic mass is 19.1. The molecular formula is C20H22FNO4. The van der Waals surface area contributed by atoms with Crippen molar-refractivity contribution in [3.05, 3.63) is 65.0 Å². The molecule has 2 rings (SSSR count). The smallest absolute Gasteiger partial charge is 0.335 e. The van der Waals surface area contributed by atoms with E-state index in [1.807, 2.05) is 0 Å². The molecule has 138 valence electrons. The number of carboxylic acid groups (broad SMARTS) is 1. The first kappa shape index (κ1) is 19.6. The number of carboxylic acids is 1. The van der Waals surface area contributed by atoms with Gasteiger partial charge in [-0.25, -0.2) is 9.18 Å². The van der Waals surface area contributed by atoms with Crippen LogP contribution in [-0.2, 0) is 22.6 Å². The molecule has 2 aromatic rings. The van der Waals surface area contributed by atoms with E-state index in [1.165, 1.54) is 25.3 Å². The first-order valence-corrected chi connectivity index (χ1v) is 8.31. The Bertz CT molecular complexity index is 791. The van der Waals surface area contributed by atoms with Crippen LogP contribution in [0.1, 0.15) is 34.8 Å². The van der Waals surface area contributed by atoms with Crippen molar-refractivity contribution in [2.24, 2.45) is 5.92 Å². The summed E-state index contributed by atoms with van der Waals surface area (Å²) in [6.07, 6.45) is 0.932. The zero-order valence-electron chi connectivity index (χ0n) is 14.8. The largest absolute Gasteiger partial charge is 0.478 e. The number of benzene rings is 2. The molecule has 0 aliphatic carbocycles. The summed E-state index contributed by atoms with van der Waals surface area (Å²) in [6, 6.07) is 11.1. The molecule has 0 aromatic heterocycles. The number of ether oxygens (including phenoxy) is 1. The topological polar surface area (TPSA) is 75.6 Å². The number of amides is 1. The summed E-state index contributed by atoms with van der Waals surface area (Å²) in [5, 5.41) is 11.9. The number of hydrogen-bond donors (Lipinski definition) is 2. The third kappa shape index (κ3) is 5.39. The molecule has 5 nitrogen and oxygen atoms in total. The number of methoxy groups -OCH3 is 1. The third-order valence-corrected chi connectivity index (χ3v) is 4.07. The van der Waals surface area contributed by atoms with Gasteiger partial charge in [-0.1, -0.05) is 25.1 Å². The minimum Gasteiger partial charge on any atom is -0.478 e. The van der Waals surface area contributed by atoms with E-state index >= 15 is 0 Å². The Morgan fingerprint density at radius 1 is 1.23 bits per heavy atom. The molecule has 0 saturated heterocycles. The lowest BCUT2D eigenvalue weighted by molar-refractivity contribution is -0.119. The lowest BCUT2D eigenvalue weighted by atomic mass is 9.99. The van der Waals surface area contributed by atoms with Crippen LogP contribution in [0, 0.1) is 11.7 Å². The lowest BCUT2D eigenvalue weighted by Crippen LogP contribution is -2.21. The first-order chi connectivity index (χ1) is 12.4. The van der Waals surface area contributed by atoms with Gasteiger partial charge in [0, 0.05) is 18.7 Å². The number of carbonyl (C=O) groups excluding carboxylic acids is 1. The Labute approximate surface area is 151 Å². The maximum Gasteiger partial charge on any atom is 0.335 e. The van der Waals surface area contributed by atoms with Crippen LogP contribution in [0.2, 0.25) is 0 Å². The molecule has 1 unspecified atom stereocenters. The molecule has 0 spiro atoms. The zero-order chi connectivity index (χ0) is 19.1. The van der Waals surface area contributed by atoms with Gasteiger partial charge >= 0.3 is 5.97 Å². The molecule has 0 aliphatic rings. The summed E-state index contributed by atoms with van der Waals surface area (Å²) < 4.78 is 18.7. The molecule has 6 heteroatoms. The van der Waals surface area contributed by atoms with Gasteiger partial charge in [-0.2, -0.15) is 0 Å². The van der Waals surface area contributed by atoms with Crippen LogP contribution in [-0.4, -0.2) is 24.1 Å². The Morgan fingerprint density at radius 2 is 1.96 bits per heavy atom. The number of hydrogen-bond acceptors (Lipinski definition) is 3. The fourth-order valence-electron chi connectivity index (χ4n) is 2.61. The van der Waals surface area contributed by atoms with E-state index in [1.54, 1.807) is 31.2 Å². The summed E-state index contributed by atoms with van der Waals surface area (Å²) in [7, 11) is 1.51. The van der Waals surface area contributed by atoms with Gasteiger partial charge in [-0.3, -0.25) is 4.79 Å². The highest BCUT2D eigenvalue weighted by Crippen LogP contribution is 2.19. The van der Waals surface area contributed by atoms with Gasteiger partial charge in [-0.05, 0) is 48.2 Å². The Kier molecular flexibility index (Phi) is 6.86. The summed E-state index contributed by atoms with van der Waals surface area (Å²) in [5.41, 5.74) is 1.71.